The molecular weight excluding hydrogens is 444 g/mol. The highest BCUT2D eigenvalue weighted by atomic mass is 32.1. The summed E-state index contributed by atoms with van der Waals surface area (Å²) >= 11 is 1.55. The Morgan fingerprint density at radius 1 is 1.18 bits per heavy atom. The van der Waals surface area contributed by atoms with Crippen molar-refractivity contribution in [2.45, 2.75) is 19.3 Å². The number of anilines is 1. The maximum absolute atomic E-state index is 11.5. The van der Waals surface area contributed by atoms with E-state index in [0.29, 0.717) is 43.0 Å². The second kappa shape index (κ2) is 10.9. The number of aliphatic carboxylic acids is 2. The van der Waals surface area contributed by atoms with Gasteiger partial charge in [-0.15, -0.1) is 11.3 Å². The van der Waals surface area contributed by atoms with Crippen molar-refractivity contribution < 1.29 is 29.3 Å². The van der Waals surface area contributed by atoms with Gasteiger partial charge >= 0.3 is 11.9 Å². The van der Waals surface area contributed by atoms with Gasteiger partial charge in [0.2, 0.25) is 0 Å². The fourth-order valence-corrected chi connectivity index (χ4v) is 5.08. The topological polar surface area (TPSA) is 120 Å². The summed E-state index contributed by atoms with van der Waals surface area (Å²) in [6.07, 6.45) is 2.74. The average molecular weight is 471 g/mol. The number of carbonyl (C=O) groups is 2. The summed E-state index contributed by atoms with van der Waals surface area (Å²) in [5.74, 6) is -1.99. The van der Waals surface area contributed by atoms with Crippen LogP contribution in [0, 0.1) is 23.2 Å². The van der Waals surface area contributed by atoms with E-state index in [4.69, 9.17) is 14.6 Å². The van der Waals surface area contributed by atoms with Crippen molar-refractivity contribution in [1.29, 1.82) is 5.26 Å². The largest absolute Gasteiger partial charge is 0.493 e. The molecular formula is C24H26N2O6S. The fourth-order valence-electron chi connectivity index (χ4n) is 4.08. The lowest BCUT2D eigenvalue weighted by Gasteiger charge is -2.34. The first-order valence-electron chi connectivity index (χ1n) is 10.5. The summed E-state index contributed by atoms with van der Waals surface area (Å²) in [7, 11) is 3.11. The van der Waals surface area contributed by atoms with Crippen LogP contribution in [-0.2, 0) is 9.59 Å². The Morgan fingerprint density at radius 3 is 2.45 bits per heavy atom. The number of methoxy groups -OCH3 is 2. The second-order valence-corrected chi connectivity index (χ2v) is 8.88. The predicted octanol–water partition coefficient (Wildman–Crippen LogP) is 4.22. The van der Waals surface area contributed by atoms with Gasteiger partial charge < -0.3 is 24.6 Å². The number of nitriles is 1. The smallest absolute Gasteiger partial charge is 0.307 e. The number of rotatable bonds is 9. The van der Waals surface area contributed by atoms with Gasteiger partial charge in [-0.1, -0.05) is 0 Å². The number of piperidine rings is 1. The number of nitrogens with zero attached hydrogens (tertiary/aromatic N) is 2. The summed E-state index contributed by atoms with van der Waals surface area (Å²) in [6.45, 7) is 1.33. The summed E-state index contributed by atoms with van der Waals surface area (Å²) in [5.41, 5.74) is 1.23. The minimum atomic E-state index is -1.08. The SMILES string of the molecule is COc1ccc(C(C#N)=Cc2ccc(N3CCC(C(CC(=O)O)C(=O)O)CC3)s2)cc1OC. The van der Waals surface area contributed by atoms with Crippen molar-refractivity contribution in [2.75, 3.05) is 32.2 Å². The summed E-state index contributed by atoms with van der Waals surface area (Å²) in [5, 5.41) is 29.1. The number of benzene rings is 1. The molecule has 33 heavy (non-hydrogen) atoms. The van der Waals surface area contributed by atoms with Crippen molar-refractivity contribution in [3.8, 4) is 17.6 Å². The molecule has 0 aliphatic carbocycles. The van der Waals surface area contributed by atoms with Gasteiger partial charge in [-0.2, -0.15) is 5.26 Å². The maximum atomic E-state index is 11.5. The maximum Gasteiger partial charge on any atom is 0.307 e. The van der Waals surface area contributed by atoms with Crippen LogP contribution in [0.4, 0.5) is 5.00 Å². The highest BCUT2D eigenvalue weighted by Gasteiger charge is 2.33. The number of thiophene rings is 1. The first kappa shape index (κ1) is 24.1. The predicted molar refractivity (Wildman–Crippen MR) is 126 cm³/mol. The Balaban J connectivity index is 1.71. The third-order valence-electron chi connectivity index (χ3n) is 5.85. The molecule has 1 aromatic heterocycles. The summed E-state index contributed by atoms with van der Waals surface area (Å²) in [6, 6.07) is 11.5. The summed E-state index contributed by atoms with van der Waals surface area (Å²) < 4.78 is 10.6. The molecule has 1 saturated heterocycles. The lowest BCUT2D eigenvalue weighted by molar-refractivity contribution is -0.150. The molecule has 174 valence electrons. The molecule has 3 rings (SSSR count). The van der Waals surface area contributed by atoms with Crippen LogP contribution in [0.25, 0.3) is 11.6 Å². The molecule has 1 aromatic carbocycles. The van der Waals surface area contributed by atoms with Gasteiger partial charge in [0.25, 0.3) is 0 Å². The molecule has 1 fully saturated rings. The number of hydrogen-bond acceptors (Lipinski definition) is 7. The van der Waals surface area contributed by atoms with Gasteiger partial charge in [-0.05, 0) is 60.7 Å². The van der Waals surface area contributed by atoms with Crippen molar-refractivity contribution in [3.63, 3.8) is 0 Å². The molecule has 0 bridgehead atoms. The number of hydrogen-bond donors (Lipinski definition) is 2. The third-order valence-corrected chi connectivity index (χ3v) is 6.94. The molecule has 2 aromatic rings. The van der Waals surface area contributed by atoms with E-state index >= 15 is 0 Å². The lowest BCUT2D eigenvalue weighted by Crippen LogP contribution is -2.38. The molecule has 1 atom stereocenters. The zero-order chi connectivity index (χ0) is 24.0. The van der Waals surface area contributed by atoms with Crippen LogP contribution in [0.1, 0.15) is 29.7 Å². The van der Waals surface area contributed by atoms with Gasteiger partial charge in [0, 0.05) is 18.0 Å². The average Bonchev–Trinajstić information content (AvgIpc) is 3.29. The Bertz CT molecular complexity index is 1080. The molecule has 0 radical (unpaired) electrons. The third kappa shape index (κ3) is 5.84. The highest BCUT2D eigenvalue weighted by molar-refractivity contribution is 7.17. The zero-order valence-electron chi connectivity index (χ0n) is 18.5. The van der Waals surface area contributed by atoms with Crippen LogP contribution in [0.5, 0.6) is 11.5 Å². The molecule has 1 aliphatic heterocycles. The van der Waals surface area contributed by atoms with E-state index in [-0.39, 0.29) is 12.3 Å². The van der Waals surface area contributed by atoms with Crippen LogP contribution < -0.4 is 14.4 Å². The van der Waals surface area contributed by atoms with Gasteiger partial charge in [0.05, 0.1) is 43.2 Å². The quantitative estimate of drug-likeness (QED) is 0.523. The second-order valence-electron chi connectivity index (χ2n) is 7.78. The summed E-state index contributed by atoms with van der Waals surface area (Å²) in [4.78, 5) is 25.6. The Hall–Kier alpha value is -3.51. The molecule has 9 heteroatoms. The van der Waals surface area contributed by atoms with Crippen molar-refractivity contribution in [1.82, 2.24) is 0 Å². The number of carboxylic acid groups (broad SMARTS) is 2. The van der Waals surface area contributed by atoms with Gasteiger partial charge in [0.15, 0.2) is 11.5 Å². The Kier molecular flexibility index (Phi) is 7.96. The van der Waals surface area contributed by atoms with Crippen LogP contribution in [0.2, 0.25) is 0 Å². The lowest BCUT2D eigenvalue weighted by atomic mass is 9.82. The first-order chi connectivity index (χ1) is 15.9. The van der Waals surface area contributed by atoms with Crippen LogP contribution in [0.15, 0.2) is 30.3 Å². The minimum absolute atomic E-state index is 0.149. The molecule has 0 amide bonds. The van der Waals surface area contributed by atoms with E-state index < -0.39 is 17.9 Å². The van der Waals surface area contributed by atoms with E-state index in [1.54, 1.807) is 37.7 Å². The van der Waals surface area contributed by atoms with E-state index in [9.17, 15) is 20.0 Å². The molecule has 0 saturated carbocycles. The zero-order valence-corrected chi connectivity index (χ0v) is 19.3. The standard InChI is InChI=1S/C24H26N2O6S/c1-31-20-5-3-16(12-21(20)32-2)17(14-25)11-18-4-6-22(33-18)26-9-7-15(8-10-26)19(24(29)30)13-23(27)28/h3-6,11-12,15,19H,7-10,13H2,1-2H3,(H,27,28)(H,29,30). The van der Waals surface area contributed by atoms with Crippen molar-refractivity contribution in [3.05, 3.63) is 40.8 Å². The highest BCUT2D eigenvalue weighted by Crippen LogP contribution is 2.35. The number of carboxylic acids is 2. The molecule has 1 unspecified atom stereocenters. The van der Waals surface area contributed by atoms with E-state index in [1.807, 2.05) is 24.3 Å². The van der Waals surface area contributed by atoms with Gasteiger partial charge in [-0.25, -0.2) is 0 Å². The van der Waals surface area contributed by atoms with Gasteiger partial charge in [-0.3, -0.25) is 9.59 Å². The minimum Gasteiger partial charge on any atom is -0.493 e. The Morgan fingerprint density at radius 2 is 1.88 bits per heavy atom. The first-order valence-corrected chi connectivity index (χ1v) is 11.3. The van der Waals surface area contributed by atoms with Crippen LogP contribution >= 0.6 is 11.3 Å². The number of allylic oxidation sites excluding steroid dienone is 1. The van der Waals surface area contributed by atoms with Crippen LogP contribution in [-0.4, -0.2) is 49.5 Å². The fraction of sp³-hybridized carbons (Fsp3) is 0.375. The van der Waals surface area contributed by atoms with Crippen LogP contribution in [0.3, 0.4) is 0 Å². The molecule has 1 aliphatic rings. The van der Waals surface area contributed by atoms with E-state index in [2.05, 4.69) is 11.0 Å². The molecule has 2 N–H and O–H groups in total. The normalized spacial score (nSPS) is 15.5. The van der Waals surface area contributed by atoms with E-state index in [1.165, 1.54) is 0 Å². The van der Waals surface area contributed by atoms with Crippen molar-refractivity contribution >= 4 is 39.9 Å². The molecule has 0 spiro atoms. The Labute approximate surface area is 196 Å². The van der Waals surface area contributed by atoms with Crippen molar-refractivity contribution in [2.24, 2.45) is 11.8 Å². The molecule has 8 nitrogen and oxygen atoms in total. The number of ether oxygens (including phenoxy) is 2. The van der Waals surface area contributed by atoms with E-state index in [0.717, 1.165) is 15.4 Å². The molecule has 2 heterocycles. The van der Waals surface area contributed by atoms with Gasteiger partial charge in [0.1, 0.15) is 0 Å². The monoisotopic (exact) mass is 470 g/mol.